The summed E-state index contributed by atoms with van der Waals surface area (Å²) >= 11 is 1.75. The lowest BCUT2D eigenvalue weighted by atomic mass is 9.98. The monoisotopic (exact) mass is 405 g/mol. The zero-order valence-corrected chi connectivity index (χ0v) is 17.7. The van der Waals surface area contributed by atoms with Gasteiger partial charge in [0, 0.05) is 17.2 Å². The predicted octanol–water partition coefficient (Wildman–Crippen LogP) is 4.37. The summed E-state index contributed by atoms with van der Waals surface area (Å²) in [4.78, 5) is 14.4. The minimum Gasteiger partial charge on any atom is -0.348 e. The van der Waals surface area contributed by atoms with Crippen LogP contribution in [-0.2, 0) is 11.2 Å². The fourth-order valence-electron chi connectivity index (χ4n) is 3.74. The number of aryl methyl sites for hydroxylation is 1. The van der Waals surface area contributed by atoms with E-state index in [1.54, 1.807) is 11.3 Å². The highest BCUT2D eigenvalue weighted by Crippen LogP contribution is 2.26. The Morgan fingerprint density at radius 1 is 1.03 bits per heavy atom. The third-order valence-electron chi connectivity index (χ3n) is 5.48. The highest BCUT2D eigenvalue weighted by atomic mass is 32.1. The summed E-state index contributed by atoms with van der Waals surface area (Å²) in [5, 5.41) is 7.56. The number of amides is 1. The third-order valence-corrected chi connectivity index (χ3v) is 6.43. The number of nitrogens with two attached hydrogens (primary N) is 1. The van der Waals surface area contributed by atoms with Crippen molar-refractivity contribution in [1.29, 1.82) is 0 Å². The van der Waals surface area contributed by atoms with Crippen LogP contribution in [0.1, 0.15) is 59.8 Å². The normalized spacial score (nSPS) is 15.6. The van der Waals surface area contributed by atoms with Crippen LogP contribution in [0, 0.1) is 0 Å². The Hall–Kier alpha value is -2.43. The minimum absolute atomic E-state index is 0.0980. The molecule has 2 atom stereocenters. The van der Waals surface area contributed by atoms with Crippen molar-refractivity contribution >= 4 is 17.2 Å². The van der Waals surface area contributed by atoms with E-state index in [1.165, 1.54) is 16.0 Å². The predicted molar refractivity (Wildman–Crippen MR) is 119 cm³/mol. The van der Waals surface area contributed by atoms with Crippen LogP contribution in [0.15, 0.2) is 72.1 Å². The van der Waals surface area contributed by atoms with Crippen LogP contribution in [0.25, 0.3) is 0 Å². The van der Waals surface area contributed by atoms with Crippen LogP contribution in [0.4, 0.5) is 0 Å². The van der Waals surface area contributed by atoms with Crippen molar-refractivity contribution in [3.8, 4) is 0 Å². The molecule has 29 heavy (non-hydrogen) atoms. The Morgan fingerprint density at radius 3 is 2.41 bits per heavy atom. The van der Waals surface area contributed by atoms with Crippen molar-refractivity contribution in [3.05, 3.63) is 93.7 Å². The lowest BCUT2D eigenvalue weighted by Crippen LogP contribution is -2.88. The molecule has 3 aromatic rings. The molecule has 1 heterocycles. The van der Waals surface area contributed by atoms with Crippen LogP contribution in [-0.4, -0.2) is 11.9 Å². The SMILES string of the molecule is CCCc1ccc([C@H]([NH2+][C@@H](C(=O)NC2CC2)c2ccccc2)c2cccs2)cc1. The molecule has 1 aromatic heterocycles. The highest BCUT2D eigenvalue weighted by molar-refractivity contribution is 7.10. The molecule has 1 aliphatic carbocycles. The largest absolute Gasteiger partial charge is 0.348 e. The van der Waals surface area contributed by atoms with Crippen molar-refractivity contribution in [1.82, 2.24) is 5.32 Å². The van der Waals surface area contributed by atoms with Gasteiger partial charge in [0.15, 0.2) is 6.04 Å². The number of thiophene rings is 1. The molecule has 1 fully saturated rings. The molecular formula is C25H29N2OS+. The van der Waals surface area contributed by atoms with E-state index in [-0.39, 0.29) is 18.0 Å². The molecule has 3 nitrogen and oxygen atoms in total. The molecule has 0 spiro atoms. The second kappa shape index (κ2) is 9.38. The van der Waals surface area contributed by atoms with Crippen LogP contribution in [0.3, 0.4) is 0 Å². The van der Waals surface area contributed by atoms with Crippen molar-refractivity contribution in [3.63, 3.8) is 0 Å². The van der Waals surface area contributed by atoms with Gasteiger partial charge in [-0.3, -0.25) is 4.79 Å². The maximum Gasteiger partial charge on any atom is 0.283 e. The molecule has 2 aromatic carbocycles. The van der Waals surface area contributed by atoms with Crippen LogP contribution >= 0.6 is 11.3 Å². The molecular weight excluding hydrogens is 376 g/mol. The van der Waals surface area contributed by atoms with Crippen LogP contribution in [0.2, 0.25) is 0 Å². The van der Waals surface area contributed by atoms with Gasteiger partial charge in [-0.25, -0.2) is 0 Å². The van der Waals surface area contributed by atoms with Crippen molar-refractivity contribution in [2.75, 3.05) is 0 Å². The molecule has 0 radical (unpaired) electrons. The molecule has 1 saturated carbocycles. The van der Waals surface area contributed by atoms with Crippen molar-refractivity contribution in [2.24, 2.45) is 0 Å². The van der Waals surface area contributed by atoms with Gasteiger partial charge in [0.25, 0.3) is 5.91 Å². The number of hydrogen-bond donors (Lipinski definition) is 2. The fraction of sp³-hybridized carbons (Fsp3) is 0.320. The summed E-state index contributed by atoms with van der Waals surface area (Å²) < 4.78 is 0. The Bertz CT molecular complexity index is 902. The topological polar surface area (TPSA) is 45.7 Å². The summed E-state index contributed by atoms with van der Waals surface area (Å²) in [6.07, 6.45) is 4.45. The third kappa shape index (κ3) is 5.14. The molecule has 3 N–H and O–H groups in total. The first-order chi connectivity index (χ1) is 14.2. The van der Waals surface area contributed by atoms with E-state index >= 15 is 0 Å². The van der Waals surface area contributed by atoms with E-state index in [0.717, 1.165) is 31.2 Å². The van der Waals surface area contributed by atoms with Crippen LogP contribution < -0.4 is 10.6 Å². The second-order valence-corrected chi connectivity index (χ2v) is 8.83. The van der Waals surface area contributed by atoms with E-state index < -0.39 is 0 Å². The molecule has 4 rings (SSSR count). The highest BCUT2D eigenvalue weighted by Gasteiger charge is 2.33. The van der Waals surface area contributed by atoms with Gasteiger partial charge >= 0.3 is 0 Å². The molecule has 0 unspecified atom stereocenters. The summed E-state index contributed by atoms with van der Waals surface area (Å²) in [7, 11) is 0. The van der Waals surface area contributed by atoms with Crippen LogP contribution in [0.5, 0.6) is 0 Å². The number of quaternary nitrogens is 1. The maximum absolute atomic E-state index is 13.1. The number of carbonyl (C=O) groups is 1. The average molecular weight is 406 g/mol. The first-order valence-corrected chi connectivity index (χ1v) is 11.4. The standard InChI is InChI=1S/C25H28N2OS/c1-2-7-18-11-13-20(14-12-18)23(22-10-6-17-29-22)27-24(19-8-4-3-5-9-19)25(28)26-21-15-16-21/h3-6,8-14,17,21,23-24,27H,2,7,15-16H2,1H3,(H,26,28)/p+1/t23-,24+/m0/s1. The molecule has 0 saturated heterocycles. The van der Waals surface area contributed by atoms with Gasteiger partial charge in [0.05, 0.1) is 4.88 Å². The quantitative estimate of drug-likeness (QED) is 0.545. The number of rotatable bonds is 9. The molecule has 0 aliphatic heterocycles. The molecule has 1 amide bonds. The molecule has 150 valence electrons. The van der Waals surface area contributed by atoms with Crippen molar-refractivity contribution < 1.29 is 10.1 Å². The Kier molecular flexibility index (Phi) is 6.43. The Morgan fingerprint density at radius 2 is 1.79 bits per heavy atom. The van der Waals surface area contributed by atoms with E-state index in [1.807, 2.05) is 18.2 Å². The van der Waals surface area contributed by atoms with Crippen molar-refractivity contribution in [2.45, 2.75) is 50.7 Å². The lowest BCUT2D eigenvalue weighted by Gasteiger charge is -2.22. The smallest absolute Gasteiger partial charge is 0.283 e. The Balaban J connectivity index is 1.64. The molecule has 4 heteroatoms. The number of nitrogens with one attached hydrogen (secondary N) is 1. The molecule has 0 bridgehead atoms. The number of carbonyl (C=O) groups excluding carboxylic acids is 1. The van der Waals surface area contributed by atoms with Gasteiger partial charge in [0.1, 0.15) is 6.04 Å². The second-order valence-electron chi connectivity index (χ2n) is 7.85. The van der Waals surface area contributed by atoms with E-state index in [4.69, 9.17) is 0 Å². The first kappa shape index (κ1) is 19.9. The average Bonchev–Trinajstić information content (AvgIpc) is 3.39. The Labute approximate surface area is 177 Å². The minimum atomic E-state index is -0.265. The summed E-state index contributed by atoms with van der Waals surface area (Å²) in [5.74, 6) is 0.114. The van der Waals surface area contributed by atoms with Gasteiger partial charge in [-0.1, -0.05) is 74.0 Å². The fourth-order valence-corrected chi connectivity index (χ4v) is 4.57. The van der Waals surface area contributed by atoms with Gasteiger partial charge in [-0.05, 0) is 36.3 Å². The summed E-state index contributed by atoms with van der Waals surface area (Å²) in [5.41, 5.74) is 3.66. The first-order valence-electron chi connectivity index (χ1n) is 10.6. The zero-order chi connectivity index (χ0) is 20.1. The van der Waals surface area contributed by atoms with E-state index in [0.29, 0.717) is 6.04 Å². The zero-order valence-electron chi connectivity index (χ0n) is 16.9. The van der Waals surface area contributed by atoms with E-state index in [2.05, 4.69) is 71.5 Å². The summed E-state index contributed by atoms with van der Waals surface area (Å²) in [6.45, 7) is 2.21. The summed E-state index contributed by atoms with van der Waals surface area (Å²) in [6, 6.07) is 23.5. The van der Waals surface area contributed by atoms with Gasteiger partial charge < -0.3 is 10.6 Å². The lowest BCUT2D eigenvalue weighted by molar-refractivity contribution is -0.713. The maximum atomic E-state index is 13.1. The number of benzene rings is 2. The number of hydrogen-bond acceptors (Lipinski definition) is 2. The van der Waals surface area contributed by atoms with Gasteiger partial charge in [0.2, 0.25) is 0 Å². The van der Waals surface area contributed by atoms with Gasteiger partial charge in [-0.15, -0.1) is 11.3 Å². The van der Waals surface area contributed by atoms with Gasteiger partial charge in [-0.2, -0.15) is 0 Å². The molecule has 1 aliphatic rings. The van der Waals surface area contributed by atoms with E-state index in [9.17, 15) is 4.79 Å².